The molecular weight excluding hydrogens is 340 g/mol. The number of hydrogen-bond acceptors (Lipinski definition) is 4. The molecule has 27 heavy (non-hydrogen) atoms. The molecule has 0 heterocycles. The van der Waals surface area contributed by atoms with Gasteiger partial charge in [-0.05, 0) is 60.0 Å². The van der Waals surface area contributed by atoms with Crippen molar-refractivity contribution in [3.63, 3.8) is 0 Å². The molecule has 0 aliphatic rings. The van der Waals surface area contributed by atoms with E-state index in [0.717, 1.165) is 29.7 Å². The molecule has 0 fully saturated rings. The van der Waals surface area contributed by atoms with E-state index in [1.807, 2.05) is 12.1 Å². The van der Waals surface area contributed by atoms with Crippen molar-refractivity contribution in [2.45, 2.75) is 19.8 Å². The highest BCUT2D eigenvalue weighted by molar-refractivity contribution is 6.06. The third kappa shape index (κ3) is 5.48. The molecule has 0 aliphatic carbocycles. The minimum absolute atomic E-state index is 0.0721. The van der Waals surface area contributed by atoms with Crippen LogP contribution in [0.4, 0.5) is 0 Å². The molecule has 0 aliphatic heterocycles. The Kier molecular flexibility index (Phi) is 7.68. The molecule has 4 nitrogen and oxygen atoms in total. The molecule has 2 rings (SSSR count). The summed E-state index contributed by atoms with van der Waals surface area (Å²) < 4.78 is 16.3. The summed E-state index contributed by atoms with van der Waals surface area (Å²) in [7, 11) is 3.25. The maximum absolute atomic E-state index is 12.4. The lowest BCUT2D eigenvalue weighted by Crippen LogP contribution is -1.98. The van der Waals surface area contributed by atoms with Gasteiger partial charge in [-0.25, -0.2) is 0 Å². The summed E-state index contributed by atoms with van der Waals surface area (Å²) in [5.74, 6) is 2.05. The van der Waals surface area contributed by atoms with Crippen molar-refractivity contribution < 1.29 is 19.0 Å². The standard InChI is InChI=1S/C23H26O4/c1-5-7-19-15-17(16-22(25-3)23(19)26-4)8-13-21(24)18-9-11-20(12-10-18)27-14-6-2/h6,8-13,15-16H,2,5,7,14H2,1,3-4H3. The summed E-state index contributed by atoms with van der Waals surface area (Å²) in [5.41, 5.74) is 2.57. The maximum atomic E-state index is 12.4. The van der Waals surface area contributed by atoms with E-state index in [1.165, 1.54) is 0 Å². The molecule has 0 saturated heterocycles. The molecule has 0 spiro atoms. The second kappa shape index (κ2) is 10.2. The van der Waals surface area contributed by atoms with Gasteiger partial charge >= 0.3 is 0 Å². The monoisotopic (exact) mass is 366 g/mol. The van der Waals surface area contributed by atoms with Gasteiger partial charge in [-0.15, -0.1) is 0 Å². The molecule has 0 bridgehead atoms. The molecule has 2 aromatic rings. The van der Waals surface area contributed by atoms with E-state index in [2.05, 4.69) is 13.5 Å². The molecule has 0 aromatic heterocycles. The van der Waals surface area contributed by atoms with Gasteiger partial charge in [0, 0.05) is 5.56 Å². The Bertz CT molecular complexity index is 804. The maximum Gasteiger partial charge on any atom is 0.185 e. The predicted octanol–water partition coefficient (Wildman–Crippen LogP) is 5.12. The van der Waals surface area contributed by atoms with E-state index in [1.54, 1.807) is 56.7 Å². The van der Waals surface area contributed by atoms with Crippen molar-refractivity contribution in [1.29, 1.82) is 0 Å². The van der Waals surface area contributed by atoms with E-state index >= 15 is 0 Å². The highest BCUT2D eigenvalue weighted by Crippen LogP contribution is 2.34. The largest absolute Gasteiger partial charge is 0.493 e. The lowest BCUT2D eigenvalue weighted by Gasteiger charge is -2.13. The number of ketones is 1. The lowest BCUT2D eigenvalue weighted by atomic mass is 10.0. The number of carbonyl (C=O) groups is 1. The minimum Gasteiger partial charge on any atom is -0.493 e. The van der Waals surface area contributed by atoms with Crippen molar-refractivity contribution in [1.82, 2.24) is 0 Å². The van der Waals surface area contributed by atoms with Gasteiger partial charge in [-0.2, -0.15) is 0 Å². The normalized spacial score (nSPS) is 10.6. The molecule has 0 saturated carbocycles. The predicted molar refractivity (Wildman–Crippen MR) is 109 cm³/mol. The van der Waals surface area contributed by atoms with Gasteiger partial charge in [0.1, 0.15) is 12.4 Å². The molecule has 4 heteroatoms. The number of ether oxygens (including phenoxy) is 3. The van der Waals surface area contributed by atoms with E-state index in [4.69, 9.17) is 14.2 Å². The van der Waals surface area contributed by atoms with E-state index in [9.17, 15) is 4.79 Å². The van der Waals surface area contributed by atoms with Crippen LogP contribution in [0.25, 0.3) is 6.08 Å². The first kappa shape index (κ1) is 20.3. The zero-order chi connectivity index (χ0) is 19.6. The van der Waals surface area contributed by atoms with Crippen molar-refractivity contribution in [2.75, 3.05) is 20.8 Å². The fourth-order valence-electron chi connectivity index (χ4n) is 2.76. The molecule has 142 valence electrons. The Balaban J connectivity index is 2.19. The number of hydrogen-bond donors (Lipinski definition) is 0. The zero-order valence-corrected chi connectivity index (χ0v) is 16.2. The van der Waals surface area contributed by atoms with Crippen LogP contribution in [0.2, 0.25) is 0 Å². The van der Waals surface area contributed by atoms with Crippen molar-refractivity contribution in [3.8, 4) is 17.2 Å². The first-order valence-electron chi connectivity index (χ1n) is 8.94. The molecule has 0 amide bonds. The Labute approximate surface area is 161 Å². The van der Waals surface area contributed by atoms with Crippen LogP contribution in [-0.4, -0.2) is 26.6 Å². The summed E-state index contributed by atoms with van der Waals surface area (Å²) >= 11 is 0. The quantitative estimate of drug-likeness (QED) is 0.333. The fourth-order valence-corrected chi connectivity index (χ4v) is 2.76. The number of benzene rings is 2. The fraction of sp³-hybridized carbons (Fsp3) is 0.261. The number of carbonyl (C=O) groups excluding carboxylic acids is 1. The van der Waals surface area contributed by atoms with Gasteiger partial charge in [0.2, 0.25) is 0 Å². The van der Waals surface area contributed by atoms with Crippen LogP contribution in [0.5, 0.6) is 17.2 Å². The molecular formula is C23H26O4. The number of rotatable bonds is 10. The molecule has 0 N–H and O–H groups in total. The van der Waals surface area contributed by atoms with Crippen LogP contribution in [0.1, 0.15) is 34.8 Å². The third-order valence-corrected chi connectivity index (χ3v) is 4.03. The first-order chi connectivity index (χ1) is 13.1. The van der Waals surface area contributed by atoms with Crippen LogP contribution in [0.15, 0.2) is 55.1 Å². The van der Waals surface area contributed by atoms with Gasteiger partial charge in [0.05, 0.1) is 14.2 Å². The third-order valence-electron chi connectivity index (χ3n) is 4.03. The van der Waals surface area contributed by atoms with Gasteiger partial charge in [-0.1, -0.05) is 32.1 Å². The molecule has 2 aromatic carbocycles. The van der Waals surface area contributed by atoms with Crippen LogP contribution < -0.4 is 14.2 Å². The Morgan fingerprint density at radius 2 is 1.85 bits per heavy atom. The summed E-state index contributed by atoms with van der Waals surface area (Å²) in [5, 5.41) is 0. The summed E-state index contributed by atoms with van der Waals surface area (Å²) in [6.45, 7) is 6.16. The Morgan fingerprint density at radius 1 is 1.11 bits per heavy atom. The summed E-state index contributed by atoms with van der Waals surface area (Å²) in [4.78, 5) is 12.4. The Hall–Kier alpha value is -3.01. The highest BCUT2D eigenvalue weighted by atomic mass is 16.5. The van der Waals surface area contributed by atoms with Gasteiger partial charge in [-0.3, -0.25) is 4.79 Å². The second-order valence-electron chi connectivity index (χ2n) is 5.99. The highest BCUT2D eigenvalue weighted by Gasteiger charge is 2.11. The van der Waals surface area contributed by atoms with Crippen molar-refractivity contribution in [3.05, 3.63) is 71.8 Å². The summed E-state index contributed by atoms with van der Waals surface area (Å²) in [6.07, 6.45) is 6.91. The number of allylic oxidation sites excluding steroid dienone is 1. The van der Waals surface area contributed by atoms with Crippen molar-refractivity contribution >= 4 is 11.9 Å². The average Bonchev–Trinajstić information content (AvgIpc) is 2.70. The zero-order valence-electron chi connectivity index (χ0n) is 16.2. The van der Waals surface area contributed by atoms with Crippen LogP contribution in [0.3, 0.4) is 0 Å². The summed E-state index contributed by atoms with van der Waals surface area (Å²) in [6, 6.07) is 11.0. The van der Waals surface area contributed by atoms with E-state index in [0.29, 0.717) is 23.7 Å². The molecule has 0 unspecified atom stereocenters. The smallest absolute Gasteiger partial charge is 0.185 e. The first-order valence-corrected chi connectivity index (χ1v) is 8.94. The Morgan fingerprint density at radius 3 is 2.44 bits per heavy atom. The topological polar surface area (TPSA) is 44.8 Å². The number of methoxy groups -OCH3 is 2. The van der Waals surface area contributed by atoms with Crippen LogP contribution in [-0.2, 0) is 6.42 Å². The SMILES string of the molecule is C=CCOc1ccc(C(=O)C=Cc2cc(CCC)c(OC)c(OC)c2)cc1. The molecule has 0 radical (unpaired) electrons. The van der Waals surface area contributed by atoms with Gasteiger partial charge in [0.15, 0.2) is 17.3 Å². The van der Waals surface area contributed by atoms with Crippen LogP contribution in [0, 0.1) is 0 Å². The van der Waals surface area contributed by atoms with Gasteiger partial charge < -0.3 is 14.2 Å². The second-order valence-corrected chi connectivity index (χ2v) is 5.99. The minimum atomic E-state index is -0.0721. The van der Waals surface area contributed by atoms with Crippen LogP contribution >= 0.6 is 0 Å². The van der Waals surface area contributed by atoms with E-state index < -0.39 is 0 Å². The lowest BCUT2D eigenvalue weighted by molar-refractivity contribution is 0.104. The van der Waals surface area contributed by atoms with Gasteiger partial charge in [0.25, 0.3) is 0 Å². The average molecular weight is 366 g/mol. The molecule has 0 atom stereocenters. The van der Waals surface area contributed by atoms with Crippen molar-refractivity contribution in [2.24, 2.45) is 0 Å². The number of aryl methyl sites for hydroxylation is 1. The van der Waals surface area contributed by atoms with E-state index in [-0.39, 0.29) is 5.78 Å².